The molecule has 0 saturated carbocycles. The van der Waals surface area contributed by atoms with Gasteiger partial charge >= 0.3 is 0 Å². The second-order valence-corrected chi connectivity index (χ2v) is 7.59. The van der Waals surface area contributed by atoms with Gasteiger partial charge in [0.2, 0.25) is 5.91 Å². The molecule has 1 amide bonds. The molecule has 10 atom stereocenters. The first kappa shape index (κ1) is 24.8. The first-order chi connectivity index (χ1) is 13.7. The summed E-state index contributed by atoms with van der Waals surface area (Å²) in [4.78, 5) is 11.7. The highest BCUT2D eigenvalue weighted by molar-refractivity contribution is 9.09. The normalized spacial score (nSPS) is 43.2. The quantitative estimate of drug-likeness (QED) is 0.165. The average molecular weight is 490 g/mol. The summed E-state index contributed by atoms with van der Waals surface area (Å²) in [6.07, 6.45) is -12.7. The summed E-state index contributed by atoms with van der Waals surface area (Å²) >= 11 is 3.19. The number of ether oxygens (including phenoxy) is 4. The van der Waals surface area contributed by atoms with Crippen molar-refractivity contribution < 1.29 is 54.4 Å². The van der Waals surface area contributed by atoms with Crippen LogP contribution in [-0.2, 0) is 23.7 Å². The molecule has 0 aliphatic carbocycles. The van der Waals surface area contributed by atoms with Crippen molar-refractivity contribution in [2.75, 3.05) is 25.2 Å². The molecular formula is C16H28BrNO11. The van der Waals surface area contributed by atoms with Crippen LogP contribution in [0.5, 0.6) is 0 Å². The minimum atomic E-state index is -1.71. The average Bonchev–Trinajstić information content (AvgIpc) is 2.69. The fourth-order valence-electron chi connectivity index (χ4n) is 3.26. The lowest BCUT2D eigenvalue weighted by molar-refractivity contribution is -0.344. The van der Waals surface area contributed by atoms with Gasteiger partial charge in [0.15, 0.2) is 12.6 Å². The highest BCUT2D eigenvalue weighted by Crippen LogP contribution is 2.29. The van der Waals surface area contributed by atoms with Gasteiger partial charge < -0.3 is 54.9 Å². The van der Waals surface area contributed by atoms with E-state index in [0.29, 0.717) is 5.33 Å². The van der Waals surface area contributed by atoms with Crippen LogP contribution in [0.4, 0.5) is 0 Å². The van der Waals surface area contributed by atoms with E-state index in [-0.39, 0.29) is 6.61 Å². The molecule has 12 nitrogen and oxygen atoms in total. The third kappa shape index (κ3) is 5.83. The molecular weight excluding hydrogens is 462 g/mol. The second-order valence-electron chi connectivity index (χ2n) is 6.80. The molecule has 2 fully saturated rings. The fraction of sp³-hybridized carbons (Fsp3) is 0.938. The van der Waals surface area contributed by atoms with Crippen molar-refractivity contribution in [2.24, 2.45) is 0 Å². The SMILES string of the molecule is CC(=O)N[C@H]1[C@@H](OCCBr)O[C@H](CO)[C@H](O)[C@@H]1O[C@@H]1O[C@H](CO)[C@H](O)[C@H](O)[C@H]1O. The van der Waals surface area contributed by atoms with Crippen LogP contribution < -0.4 is 5.32 Å². The van der Waals surface area contributed by atoms with Crippen molar-refractivity contribution >= 4 is 21.8 Å². The number of halogens is 1. The monoisotopic (exact) mass is 489 g/mol. The summed E-state index contributed by atoms with van der Waals surface area (Å²) < 4.78 is 22.0. The molecule has 2 rings (SSSR count). The maximum Gasteiger partial charge on any atom is 0.217 e. The van der Waals surface area contributed by atoms with E-state index in [1.54, 1.807) is 0 Å². The van der Waals surface area contributed by atoms with Crippen molar-refractivity contribution in [1.29, 1.82) is 0 Å². The zero-order valence-corrected chi connectivity index (χ0v) is 17.3. The number of aliphatic hydroxyl groups excluding tert-OH is 6. The summed E-state index contributed by atoms with van der Waals surface area (Å²) in [5.41, 5.74) is 0. The highest BCUT2D eigenvalue weighted by Gasteiger charge is 2.51. The summed E-state index contributed by atoms with van der Waals surface area (Å²) in [6.45, 7) is 0.169. The van der Waals surface area contributed by atoms with Crippen LogP contribution >= 0.6 is 15.9 Å². The molecule has 0 bridgehead atoms. The number of aliphatic hydroxyl groups is 6. The van der Waals surface area contributed by atoms with Gasteiger partial charge in [-0.15, -0.1) is 0 Å². The van der Waals surface area contributed by atoms with E-state index in [9.17, 15) is 35.4 Å². The molecule has 0 aromatic rings. The molecule has 2 saturated heterocycles. The van der Waals surface area contributed by atoms with Crippen LogP contribution in [0.1, 0.15) is 6.92 Å². The largest absolute Gasteiger partial charge is 0.394 e. The molecule has 0 aromatic heterocycles. The third-order valence-corrected chi connectivity index (χ3v) is 5.05. The van der Waals surface area contributed by atoms with E-state index in [0.717, 1.165) is 0 Å². The van der Waals surface area contributed by atoms with Crippen molar-refractivity contribution in [3.63, 3.8) is 0 Å². The minimum absolute atomic E-state index is 0.182. The number of amides is 1. The van der Waals surface area contributed by atoms with Crippen molar-refractivity contribution in [3.8, 4) is 0 Å². The number of hydrogen-bond acceptors (Lipinski definition) is 11. The van der Waals surface area contributed by atoms with Gasteiger partial charge in [-0.3, -0.25) is 4.79 Å². The van der Waals surface area contributed by atoms with Gasteiger partial charge in [0.1, 0.15) is 48.8 Å². The number of hydrogen-bond donors (Lipinski definition) is 7. The second kappa shape index (κ2) is 11.2. The fourth-order valence-corrected chi connectivity index (χ4v) is 3.44. The predicted molar refractivity (Wildman–Crippen MR) is 97.7 cm³/mol. The van der Waals surface area contributed by atoms with Crippen LogP contribution in [-0.4, -0.2) is 123 Å². The zero-order chi connectivity index (χ0) is 21.7. The van der Waals surface area contributed by atoms with Gasteiger partial charge in [-0.2, -0.15) is 0 Å². The molecule has 2 aliphatic heterocycles. The van der Waals surface area contributed by atoms with E-state index in [1.807, 2.05) is 0 Å². The smallest absolute Gasteiger partial charge is 0.217 e. The maximum atomic E-state index is 11.7. The Balaban J connectivity index is 2.26. The Hall–Kier alpha value is -0.450. The Kier molecular flexibility index (Phi) is 9.63. The molecule has 0 aromatic carbocycles. The summed E-state index contributed by atoms with van der Waals surface area (Å²) in [5, 5.41) is 62.5. The van der Waals surface area contributed by atoms with E-state index < -0.39 is 80.5 Å². The van der Waals surface area contributed by atoms with Gasteiger partial charge in [-0.25, -0.2) is 0 Å². The summed E-state index contributed by atoms with van der Waals surface area (Å²) in [7, 11) is 0. The van der Waals surface area contributed by atoms with Crippen molar-refractivity contribution in [3.05, 3.63) is 0 Å². The Labute approximate surface area is 175 Å². The summed E-state index contributed by atoms with van der Waals surface area (Å²) in [6, 6.07) is -1.06. The number of rotatable bonds is 8. The maximum absolute atomic E-state index is 11.7. The van der Waals surface area contributed by atoms with Crippen molar-refractivity contribution in [1.82, 2.24) is 5.32 Å². The Morgan fingerprint density at radius 2 is 1.55 bits per heavy atom. The van der Waals surface area contributed by atoms with Crippen LogP contribution in [0.3, 0.4) is 0 Å². The minimum Gasteiger partial charge on any atom is -0.394 e. The first-order valence-electron chi connectivity index (χ1n) is 9.10. The molecule has 170 valence electrons. The molecule has 7 N–H and O–H groups in total. The topological polar surface area (TPSA) is 187 Å². The lowest BCUT2D eigenvalue weighted by atomic mass is 9.95. The lowest BCUT2D eigenvalue weighted by Crippen LogP contribution is -2.68. The third-order valence-electron chi connectivity index (χ3n) is 4.72. The van der Waals surface area contributed by atoms with Crippen LogP contribution in [0, 0.1) is 0 Å². The van der Waals surface area contributed by atoms with E-state index in [1.165, 1.54) is 6.92 Å². The van der Waals surface area contributed by atoms with Crippen LogP contribution in [0.2, 0.25) is 0 Å². The van der Waals surface area contributed by atoms with E-state index in [2.05, 4.69) is 21.2 Å². The highest BCUT2D eigenvalue weighted by atomic mass is 79.9. The molecule has 29 heavy (non-hydrogen) atoms. The number of alkyl halides is 1. The van der Waals surface area contributed by atoms with Gasteiger partial charge in [0, 0.05) is 12.3 Å². The zero-order valence-electron chi connectivity index (χ0n) is 15.7. The number of carbonyl (C=O) groups is 1. The molecule has 0 unspecified atom stereocenters. The molecule has 2 aliphatic rings. The number of nitrogens with one attached hydrogen (secondary N) is 1. The lowest BCUT2D eigenvalue weighted by Gasteiger charge is -2.47. The van der Waals surface area contributed by atoms with Crippen LogP contribution in [0.25, 0.3) is 0 Å². The summed E-state index contributed by atoms with van der Waals surface area (Å²) in [5.74, 6) is -0.483. The Morgan fingerprint density at radius 3 is 2.10 bits per heavy atom. The molecule has 2 heterocycles. The Bertz CT molecular complexity index is 527. The van der Waals surface area contributed by atoms with Gasteiger partial charge in [0.05, 0.1) is 19.8 Å². The van der Waals surface area contributed by atoms with E-state index >= 15 is 0 Å². The standard InChI is InChI=1S/C16H28BrNO11/c1-6(21)18-9-14(11(23)8(5-20)27-15(9)26-3-2-17)29-16-13(25)12(24)10(22)7(4-19)28-16/h7-16,19-20,22-25H,2-5H2,1H3,(H,18,21)/t7-,8-,9-,10+,11+,12+,13-,14-,15+,16+/m1/s1. The first-order valence-corrected chi connectivity index (χ1v) is 10.2. The molecule has 0 spiro atoms. The van der Waals surface area contributed by atoms with Gasteiger partial charge in [-0.05, 0) is 0 Å². The van der Waals surface area contributed by atoms with Gasteiger partial charge in [0.25, 0.3) is 0 Å². The van der Waals surface area contributed by atoms with Gasteiger partial charge in [-0.1, -0.05) is 15.9 Å². The van der Waals surface area contributed by atoms with E-state index in [4.69, 9.17) is 18.9 Å². The van der Waals surface area contributed by atoms with Crippen molar-refractivity contribution in [2.45, 2.75) is 68.3 Å². The Morgan fingerprint density at radius 1 is 0.966 bits per heavy atom. The molecule has 13 heteroatoms. The predicted octanol–water partition coefficient (Wildman–Crippen LogP) is -3.83. The molecule has 0 radical (unpaired) electrons. The van der Waals surface area contributed by atoms with Crippen LogP contribution in [0.15, 0.2) is 0 Å². The number of carbonyl (C=O) groups excluding carboxylic acids is 1.